The summed E-state index contributed by atoms with van der Waals surface area (Å²) in [5, 5.41) is 13.9. The topological polar surface area (TPSA) is 56.7 Å². The molecule has 8 heteroatoms. The maximum Gasteiger partial charge on any atom is 0.276 e. The van der Waals surface area contributed by atoms with Crippen molar-refractivity contribution in [2.24, 2.45) is 0 Å². The Kier molecular flexibility index (Phi) is 5.08. The Balaban J connectivity index is 1.65. The number of hydrogen-bond acceptors (Lipinski definition) is 5. The van der Waals surface area contributed by atoms with Crippen molar-refractivity contribution in [1.29, 1.82) is 0 Å². The molecule has 0 saturated carbocycles. The highest BCUT2D eigenvalue weighted by molar-refractivity contribution is 9.10. The van der Waals surface area contributed by atoms with E-state index in [4.69, 9.17) is 16.0 Å². The standard InChI is InChI=1S/C15H14BrClN4OS/c1-9-14(16)10(2)21(20-9)7-13-18-19-15(22-13)23-8-11-4-3-5-12(17)6-11/h3-6H,7-8H2,1-2H3. The highest BCUT2D eigenvalue weighted by Gasteiger charge is 2.13. The van der Waals surface area contributed by atoms with E-state index in [1.54, 1.807) is 0 Å². The zero-order chi connectivity index (χ0) is 16.4. The molecule has 0 aliphatic rings. The Hall–Kier alpha value is -1.31. The summed E-state index contributed by atoms with van der Waals surface area (Å²) in [6.07, 6.45) is 0. The normalized spacial score (nSPS) is 11.1. The van der Waals surface area contributed by atoms with E-state index in [1.165, 1.54) is 11.8 Å². The molecule has 2 heterocycles. The molecule has 23 heavy (non-hydrogen) atoms. The van der Waals surface area contributed by atoms with Crippen molar-refractivity contribution in [2.75, 3.05) is 0 Å². The van der Waals surface area contributed by atoms with Gasteiger partial charge < -0.3 is 4.42 Å². The van der Waals surface area contributed by atoms with Gasteiger partial charge in [0, 0.05) is 10.8 Å². The fourth-order valence-corrected chi connectivity index (χ4v) is 3.31. The van der Waals surface area contributed by atoms with E-state index in [2.05, 4.69) is 31.2 Å². The van der Waals surface area contributed by atoms with Gasteiger partial charge in [0.15, 0.2) is 0 Å². The van der Waals surface area contributed by atoms with Crippen molar-refractivity contribution in [2.45, 2.75) is 31.4 Å². The summed E-state index contributed by atoms with van der Waals surface area (Å²) >= 11 is 11.0. The minimum atomic E-state index is 0.461. The third kappa shape index (κ3) is 3.97. The van der Waals surface area contributed by atoms with Crippen LogP contribution in [-0.4, -0.2) is 20.0 Å². The van der Waals surface area contributed by atoms with Crippen LogP contribution in [0.3, 0.4) is 0 Å². The number of halogens is 2. The highest BCUT2D eigenvalue weighted by atomic mass is 79.9. The third-order valence-electron chi connectivity index (χ3n) is 3.28. The van der Waals surface area contributed by atoms with E-state index >= 15 is 0 Å². The van der Waals surface area contributed by atoms with Gasteiger partial charge in [-0.1, -0.05) is 35.5 Å². The fraction of sp³-hybridized carbons (Fsp3) is 0.267. The van der Waals surface area contributed by atoms with Crippen molar-refractivity contribution < 1.29 is 4.42 Å². The van der Waals surface area contributed by atoms with Crippen molar-refractivity contribution in [3.63, 3.8) is 0 Å². The molecule has 3 aromatic rings. The van der Waals surface area contributed by atoms with Gasteiger partial charge in [-0.05, 0) is 47.5 Å². The van der Waals surface area contributed by atoms with Gasteiger partial charge in [-0.25, -0.2) is 0 Å². The zero-order valence-corrected chi connectivity index (χ0v) is 15.7. The van der Waals surface area contributed by atoms with Crippen LogP contribution in [0.5, 0.6) is 0 Å². The predicted molar refractivity (Wildman–Crippen MR) is 93.8 cm³/mol. The van der Waals surface area contributed by atoms with Crippen LogP contribution in [0.2, 0.25) is 5.02 Å². The molecule has 1 aromatic carbocycles. The van der Waals surface area contributed by atoms with E-state index in [9.17, 15) is 0 Å². The Morgan fingerprint density at radius 3 is 2.83 bits per heavy atom. The molecular weight excluding hydrogens is 400 g/mol. The zero-order valence-electron chi connectivity index (χ0n) is 12.6. The van der Waals surface area contributed by atoms with Crippen LogP contribution in [0.4, 0.5) is 0 Å². The van der Waals surface area contributed by atoms with Crippen LogP contribution in [-0.2, 0) is 12.3 Å². The smallest absolute Gasteiger partial charge is 0.276 e. The molecule has 3 rings (SSSR count). The van der Waals surface area contributed by atoms with Gasteiger partial charge >= 0.3 is 0 Å². The maximum absolute atomic E-state index is 5.98. The molecule has 0 amide bonds. The quantitative estimate of drug-likeness (QED) is 0.570. The summed E-state index contributed by atoms with van der Waals surface area (Å²) in [4.78, 5) is 0. The second-order valence-electron chi connectivity index (χ2n) is 5.02. The summed E-state index contributed by atoms with van der Waals surface area (Å²) in [5.41, 5.74) is 3.09. The van der Waals surface area contributed by atoms with E-state index in [-0.39, 0.29) is 0 Å². The lowest BCUT2D eigenvalue weighted by atomic mass is 10.2. The molecule has 0 fully saturated rings. The summed E-state index contributed by atoms with van der Waals surface area (Å²) < 4.78 is 8.53. The SMILES string of the molecule is Cc1nn(Cc2nnc(SCc3cccc(Cl)c3)o2)c(C)c1Br. The summed E-state index contributed by atoms with van der Waals surface area (Å²) in [7, 11) is 0. The molecule has 2 aromatic heterocycles. The molecule has 0 radical (unpaired) electrons. The van der Waals surface area contributed by atoms with Crippen molar-refractivity contribution in [3.05, 3.63) is 56.6 Å². The van der Waals surface area contributed by atoms with E-state index in [0.717, 1.165) is 32.2 Å². The Morgan fingerprint density at radius 2 is 2.13 bits per heavy atom. The average molecular weight is 414 g/mol. The summed E-state index contributed by atoms with van der Waals surface area (Å²) in [5.74, 6) is 1.27. The van der Waals surface area contributed by atoms with Crippen molar-refractivity contribution in [3.8, 4) is 0 Å². The second-order valence-corrected chi connectivity index (χ2v) is 7.18. The van der Waals surface area contributed by atoms with Gasteiger partial charge in [-0.3, -0.25) is 4.68 Å². The van der Waals surface area contributed by atoms with E-state index < -0.39 is 0 Å². The molecule has 0 spiro atoms. The van der Waals surface area contributed by atoms with Gasteiger partial charge in [-0.2, -0.15) is 5.10 Å². The van der Waals surface area contributed by atoms with Crippen LogP contribution >= 0.6 is 39.3 Å². The molecule has 0 saturated heterocycles. The fourth-order valence-electron chi connectivity index (χ4n) is 2.09. The first kappa shape index (κ1) is 16.5. The molecule has 0 aliphatic carbocycles. The first-order valence-corrected chi connectivity index (χ1v) is 9.07. The number of aryl methyl sites for hydroxylation is 1. The summed E-state index contributed by atoms with van der Waals surface area (Å²) in [6, 6.07) is 7.73. The summed E-state index contributed by atoms with van der Waals surface area (Å²) in [6.45, 7) is 4.41. The number of nitrogens with zero attached hydrogens (tertiary/aromatic N) is 4. The highest BCUT2D eigenvalue weighted by Crippen LogP contribution is 2.24. The third-order valence-corrected chi connectivity index (χ3v) is 5.55. The number of thioether (sulfide) groups is 1. The molecule has 0 bridgehead atoms. The largest absolute Gasteiger partial charge is 0.414 e. The number of rotatable bonds is 5. The van der Waals surface area contributed by atoms with Gasteiger partial charge in [0.05, 0.1) is 15.9 Å². The second kappa shape index (κ2) is 7.07. The van der Waals surface area contributed by atoms with Crippen LogP contribution < -0.4 is 0 Å². The van der Waals surface area contributed by atoms with Gasteiger partial charge in [0.25, 0.3) is 5.22 Å². The first-order chi connectivity index (χ1) is 11.0. The lowest BCUT2D eigenvalue weighted by molar-refractivity contribution is 0.396. The average Bonchev–Trinajstić information content (AvgIpc) is 3.07. The molecule has 0 atom stereocenters. The minimum absolute atomic E-state index is 0.461. The van der Waals surface area contributed by atoms with E-state index in [1.807, 2.05) is 42.8 Å². The van der Waals surface area contributed by atoms with Crippen LogP contribution in [0.25, 0.3) is 0 Å². The monoisotopic (exact) mass is 412 g/mol. The minimum Gasteiger partial charge on any atom is -0.414 e. The molecule has 0 aliphatic heterocycles. The first-order valence-electron chi connectivity index (χ1n) is 6.92. The molecule has 0 N–H and O–H groups in total. The Morgan fingerprint density at radius 1 is 1.30 bits per heavy atom. The van der Waals surface area contributed by atoms with Crippen molar-refractivity contribution >= 4 is 39.3 Å². The molecule has 120 valence electrons. The lowest BCUT2D eigenvalue weighted by Gasteiger charge is -2.00. The van der Waals surface area contributed by atoms with Crippen LogP contribution in [0.15, 0.2) is 38.4 Å². The number of aromatic nitrogens is 4. The number of hydrogen-bond donors (Lipinski definition) is 0. The number of benzene rings is 1. The molecular formula is C15H14BrClN4OS. The Labute approximate surface area is 151 Å². The van der Waals surface area contributed by atoms with Gasteiger partial charge in [0.1, 0.15) is 6.54 Å². The van der Waals surface area contributed by atoms with Gasteiger partial charge in [0.2, 0.25) is 5.89 Å². The van der Waals surface area contributed by atoms with Crippen LogP contribution in [0, 0.1) is 13.8 Å². The maximum atomic E-state index is 5.98. The predicted octanol–water partition coefficient (Wildman–Crippen LogP) is 4.64. The molecule has 5 nitrogen and oxygen atoms in total. The van der Waals surface area contributed by atoms with E-state index in [0.29, 0.717) is 17.7 Å². The van der Waals surface area contributed by atoms with Crippen molar-refractivity contribution in [1.82, 2.24) is 20.0 Å². The molecule has 0 unspecified atom stereocenters. The van der Waals surface area contributed by atoms with Crippen LogP contribution in [0.1, 0.15) is 22.8 Å². The lowest BCUT2D eigenvalue weighted by Crippen LogP contribution is -2.04. The Bertz CT molecular complexity index is 833. The van der Waals surface area contributed by atoms with Gasteiger partial charge in [-0.15, -0.1) is 10.2 Å².